The third-order valence-electron chi connectivity index (χ3n) is 3.36. The van der Waals surface area contributed by atoms with E-state index in [2.05, 4.69) is 0 Å². The topological polar surface area (TPSA) is 51.2 Å². The van der Waals surface area contributed by atoms with Gasteiger partial charge in [0, 0.05) is 5.56 Å². The van der Waals surface area contributed by atoms with Crippen LogP contribution in [0, 0.1) is 6.92 Å². The molecule has 0 N–H and O–H groups in total. The first-order valence-electron chi connectivity index (χ1n) is 5.95. The number of carbonyl (C=O) groups excluding carboxylic acids is 1. The molecule has 0 amide bonds. The van der Waals surface area contributed by atoms with Crippen LogP contribution in [0.15, 0.2) is 53.4 Å². The molecular weight excluding hydrogens is 260 g/mol. The molecule has 1 atom stereocenters. The summed E-state index contributed by atoms with van der Waals surface area (Å²) in [5.74, 6) is -0.329. The number of ketones is 1. The van der Waals surface area contributed by atoms with Crippen LogP contribution < -0.4 is 0 Å². The number of carbonyl (C=O) groups is 1. The quantitative estimate of drug-likeness (QED) is 0.802. The molecule has 0 aliphatic carbocycles. The molecule has 3 nitrogen and oxygen atoms in total. The largest absolute Gasteiger partial charge is 0.292 e. The van der Waals surface area contributed by atoms with Gasteiger partial charge in [0.2, 0.25) is 0 Å². The maximum atomic E-state index is 12.5. The van der Waals surface area contributed by atoms with Crippen molar-refractivity contribution in [2.75, 3.05) is 0 Å². The van der Waals surface area contributed by atoms with E-state index in [0.29, 0.717) is 11.1 Å². The molecule has 0 radical (unpaired) electrons. The highest BCUT2D eigenvalue weighted by Crippen LogP contribution is 2.40. The normalized spacial score (nSPS) is 20.3. The Bertz CT molecular complexity index is 761. The van der Waals surface area contributed by atoms with E-state index in [9.17, 15) is 13.2 Å². The maximum Gasteiger partial charge on any atom is 0.193 e. The van der Waals surface area contributed by atoms with Gasteiger partial charge in [-0.15, -0.1) is 0 Å². The average molecular weight is 272 g/mol. The first-order chi connectivity index (χ1) is 9.01. The Labute approximate surface area is 111 Å². The highest BCUT2D eigenvalue weighted by molar-refractivity contribution is 7.93. The van der Waals surface area contributed by atoms with Gasteiger partial charge in [0.05, 0.1) is 4.90 Å². The van der Waals surface area contributed by atoms with Crippen LogP contribution in [0.3, 0.4) is 0 Å². The lowest BCUT2D eigenvalue weighted by Gasteiger charge is -2.07. The zero-order valence-corrected chi connectivity index (χ0v) is 11.1. The molecule has 19 heavy (non-hydrogen) atoms. The van der Waals surface area contributed by atoms with E-state index in [1.807, 2.05) is 6.92 Å². The van der Waals surface area contributed by atoms with Crippen LogP contribution in [-0.4, -0.2) is 14.2 Å². The predicted molar refractivity (Wildman–Crippen MR) is 71.9 cm³/mol. The molecule has 1 aliphatic heterocycles. The molecule has 0 bridgehead atoms. The summed E-state index contributed by atoms with van der Waals surface area (Å²) in [6, 6.07) is 13.5. The summed E-state index contributed by atoms with van der Waals surface area (Å²) in [4.78, 5) is 12.5. The van der Waals surface area contributed by atoms with Crippen LogP contribution in [0.5, 0.6) is 0 Å². The second kappa shape index (κ2) is 4.03. The van der Waals surface area contributed by atoms with Gasteiger partial charge in [-0.05, 0) is 24.6 Å². The van der Waals surface area contributed by atoms with Gasteiger partial charge in [-0.2, -0.15) is 0 Å². The predicted octanol–water partition coefficient (Wildman–Crippen LogP) is 2.71. The summed E-state index contributed by atoms with van der Waals surface area (Å²) in [7, 11) is -3.61. The van der Waals surface area contributed by atoms with E-state index in [4.69, 9.17) is 0 Å². The zero-order chi connectivity index (χ0) is 13.6. The Morgan fingerprint density at radius 2 is 1.68 bits per heavy atom. The maximum absolute atomic E-state index is 12.5. The van der Waals surface area contributed by atoms with Crippen molar-refractivity contribution >= 4 is 15.6 Å². The lowest BCUT2D eigenvalue weighted by atomic mass is 10.0. The van der Waals surface area contributed by atoms with Gasteiger partial charge in [-0.25, -0.2) is 8.42 Å². The van der Waals surface area contributed by atoms with E-state index < -0.39 is 15.1 Å². The third kappa shape index (κ3) is 1.71. The summed E-state index contributed by atoms with van der Waals surface area (Å²) < 4.78 is 25.0. The average Bonchev–Trinajstić information content (AvgIpc) is 2.58. The third-order valence-corrected chi connectivity index (χ3v) is 5.43. The Kier molecular flexibility index (Phi) is 2.57. The van der Waals surface area contributed by atoms with Gasteiger partial charge < -0.3 is 0 Å². The molecule has 0 aromatic heterocycles. The lowest BCUT2D eigenvalue weighted by Crippen LogP contribution is -2.13. The fourth-order valence-electron chi connectivity index (χ4n) is 2.45. The number of hydrogen-bond donors (Lipinski definition) is 0. The summed E-state index contributed by atoms with van der Waals surface area (Å²) in [5, 5.41) is -1.09. The summed E-state index contributed by atoms with van der Waals surface area (Å²) >= 11 is 0. The number of fused-ring (bicyclic) bond motifs is 1. The minimum absolute atomic E-state index is 0.150. The van der Waals surface area contributed by atoms with Crippen molar-refractivity contribution in [3.63, 3.8) is 0 Å². The molecule has 1 aliphatic rings. The summed E-state index contributed by atoms with van der Waals surface area (Å²) in [5.41, 5.74) is 1.73. The SMILES string of the molecule is Cc1ccc2c(c1)C(=O)[C@H](c1ccccc1)S2(=O)=O. The smallest absolute Gasteiger partial charge is 0.193 e. The van der Waals surface area contributed by atoms with E-state index in [1.165, 1.54) is 6.07 Å². The molecule has 2 aromatic rings. The van der Waals surface area contributed by atoms with Crippen LogP contribution in [-0.2, 0) is 9.84 Å². The highest BCUT2D eigenvalue weighted by atomic mass is 32.2. The standard InChI is InChI=1S/C15H12O3S/c1-10-7-8-13-12(9-10)14(16)15(19(13,17)18)11-5-3-2-4-6-11/h2-9,15H,1H3/t15-/m0/s1. The summed E-state index contributed by atoms with van der Waals surface area (Å²) in [6.45, 7) is 1.84. The van der Waals surface area contributed by atoms with Crippen LogP contribution in [0.4, 0.5) is 0 Å². The molecule has 0 unspecified atom stereocenters. The fourth-order valence-corrected chi connectivity index (χ4v) is 4.35. The van der Waals surface area contributed by atoms with Crippen LogP contribution in [0.25, 0.3) is 0 Å². The van der Waals surface area contributed by atoms with Crippen molar-refractivity contribution in [3.8, 4) is 0 Å². The molecule has 4 heteroatoms. The molecule has 3 rings (SSSR count). The van der Waals surface area contributed by atoms with Crippen LogP contribution in [0.2, 0.25) is 0 Å². The first kappa shape index (κ1) is 12.1. The van der Waals surface area contributed by atoms with Gasteiger partial charge in [0.15, 0.2) is 20.9 Å². The molecule has 0 saturated heterocycles. The van der Waals surface area contributed by atoms with Crippen LogP contribution >= 0.6 is 0 Å². The Morgan fingerprint density at radius 1 is 1.00 bits per heavy atom. The molecule has 2 aromatic carbocycles. The van der Waals surface area contributed by atoms with Crippen molar-refractivity contribution in [1.82, 2.24) is 0 Å². The van der Waals surface area contributed by atoms with E-state index in [0.717, 1.165) is 5.56 Å². The zero-order valence-electron chi connectivity index (χ0n) is 10.3. The number of hydrogen-bond acceptors (Lipinski definition) is 3. The van der Waals surface area contributed by atoms with Crippen molar-refractivity contribution in [3.05, 3.63) is 65.2 Å². The summed E-state index contributed by atoms with van der Waals surface area (Å²) in [6.07, 6.45) is 0. The van der Waals surface area contributed by atoms with E-state index >= 15 is 0 Å². The van der Waals surface area contributed by atoms with E-state index in [-0.39, 0.29) is 10.7 Å². The van der Waals surface area contributed by atoms with Gasteiger partial charge >= 0.3 is 0 Å². The number of benzene rings is 2. The van der Waals surface area contributed by atoms with Gasteiger partial charge in [0.1, 0.15) is 0 Å². The fraction of sp³-hybridized carbons (Fsp3) is 0.133. The minimum Gasteiger partial charge on any atom is -0.292 e. The molecule has 96 valence electrons. The molecule has 0 fully saturated rings. The second-order valence-corrected chi connectivity index (χ2v) is 6.70. The molecule has 1 heterocycles. The first-order valence-corrected chi connectivity index (χ1v) is 7.50. The van der Waals surface area contributed by atoms with Gasteiger partial charge in [-0.3, -0.25) is 4.79 Å². The van der Waals surface area contributed by atoms with Crippen LogP contribution in [0.1, 0.15) is 26.7 Å². The second-order valence-electron chi connectivity index (χ2n) is 4.70. The Balaban J connectivity index is 2.25. The number of Topliss-reactive ketones (excluding diaryl/α,β-unsaturated/α-hetero) is 1. The molecule has 0 saturated carbocycles. The highest BCUT2D eigenvalue weighted by Gasteiger charge is 2.44. The van der Waals surface area contributed by atoms with Gasteiger partial charge in [-0.1, -0.05) is 42.0 Å². The van der Waals surface area contributed by atoms with Gasteiger partial charge in [0.25, 0.3) is 0 Å². The molecular formula is C15H12O3S. The van der Waals surface area contributed by atoms with Crippen molar-refractivity contribution < 1.29 is 13.2 Å². The monoisotopic (exact) mass is 272 g/mol. The Morgan fingerprint density at radius 3 is 2.37 bits per heavy atom. The van der Waals surface area contributed by atoms with E-state index in [1.54, 1.807) is 42.5 Å². The minimum atomic E-state index is -3.61. The van der Waals surface area contributed by atoms with Crippen molar-refractivity contribution in [2.45, 2.75) is 17.1 Å². The lowest BCUT2D eigenvalue weighted by molar-refractivity contribution is 0.0990. The molecule has 0 spiro atoms. The number of sulfone groups is 1. The van der Waals surface area contributed by atoms with Crippen molar-refractivity contribution in [2.24, 2.45) is 0 Å². The Hall–Kier alpha value is -1.94. The van der Waals surface area contributed by atoms with Crippen molar-refractivity contribution in [1.29, 1.82) is 0 Å². The number of aryl methyl sites for hydroxylation is 1. The number of rotatable bonds is 1.